The number of nitrogens with one attached hydrogen (secondary N) is 1. The molecular weight excluding hydrogens is 204 g/mol. The monoisotopic (exact) mass is 224 g/mol. The maximum Gasteiger partial charge on any atom is 0.0738 e. The summed E-state index contributed by atoms with van der Waals surface area (Å²) in [5, 5.41) is 11.3. The number of hydrogen-bond acceptors (Lipinski definition) is 4. The van der Waals surface area contributed by atoms with Crippen LogP contribution in [0.4, 0.5) is 0 Å². The third-order valence-electron chi connectivity index (χ3n) is 3.39. The topological polar surface area (TPSA) is 52.0 Å². The van der Waals surface area contributed by atoms with Crippen LogP contribution in [-0.2, 0) is 18.3 Å². The summed E-state index contributed by atoms with van der Waals surface area (Å²) in [5.74, 6) is 0.731. The molecular formula is C11H20N4O. The molecule has 1 unspecified atom stereocenters. The molecule has 1 aromatic heterocycles. The number of rotatable bonds is 4. The standard InChI is InChI=1S/C11H20N4O/c1-9(10-3-5-16-6-4-10)12-7-11-8-13-14-15(11)2/h8-10,12H,3-7H2,1-2H3. The van der Waals surface area contributed by atoms with Crippen LogP contribution < -0.4 is 5.32 Å². The van der Waals surface area contributed by atoms with Crippen LogP contribution in [0.3, 0.4) is 0 Å². The van der Waals surface area contributed by atoms with Gasteiger partial charge in [-0.15, -0.1) is 5.10 Å². The van der Waals surface area contributed by atoms with E-state index in [2.05, 4.69) is 22.6 Å². The van der Waals surface area contributed by atoms with Crippen LogP contribution >= 0.6 is 0 Å². The Balaban J connectivity index is 1.78. The van der Waals surface area contributed by atoms with Crippen molar-refractivity contribution in [2.45, 2.75) is 32.4 Å². The molecule has 1 aliphatic heterocycles. The summed E-state index contributed by atoms with van der Waals surface area (Å²) in [4.78, 5) is 0. The van der Waals surface area contributed by atoms with Crippen LogP contribution in [0.5, 0.6) is 0 Å². The Hall–Kier alpha value is -0.940. The summed E-state index contributed by atoms with van der Waals surface area (Å²) in [7, 11) is 1.92. The minimum Gasteiger partial charge on any atom is -0.381 e. The molecule has 1 N–H and O–H groups in total. The second-order valence-electron chi connectivity index (χ2n) is 4.47. The van der Waals surface area contributed by atoms with Crippen LogP contribution in [0, 0.1) is 5.92 Å². The summed E-state index contributed by atoms with van der Waals surface area (Å²) in [6, 6.07) is 0.527. The highest BCUT2D eigenvalue weighted by molar-refractivity contribution is 4.93. The number of aryl methyl sites for hydroxylation is 1. The van der Waals surface area contributed by atoms with Crippen molar-refractivity contribution in [3.63, 3.8) is 0 Å². The van der Waals surface area contributed by atoms with Crippen LogP contribution in [0.25, 0.3) is 0 Å². The molecule has 5 heteroatoms. The molecule has 0 bridgehead atoms. The lowest BCUT2D eigenvalue weighted by Crippen LogP contribution is -2.36. The van der Waals surface area contributed by atoms with E-state index in [4.69, 9.17) is 4.74 Å². The first-order valence-corrected chi connectivity index (χ1v) is 5.92. The van der Waals surface area contributed by atoms with Gasteiger partial charge in [0.1, 0.15) is 0 Å². The van der Waals surface area contributed by atoms with Gasteiger partial charge in [-0.1, -0.05) is 5.21 Å². The quantitative estimate of drug-likeness (QED) is 0.818. The van der Waals surface area contributed by atoms with Gasteiger partial charge in [-0.2, -0.15) is 0 Å². The van der Waals surface area contributed by atoms with E-state index in [9.17, 15) is 0 Å². The molecule has 1 fully saturated rings. The van der Waals surface area contributed by atoms with Gasteiger partial charge in [0, 0.05) is 32.8 Å². The lowest BCUT2D eigenvalue weighted by atomic mass is 9.93. The van der Waals surface area contributed by atoms with Gasteiger partial charge in [-0.3, -0.25) is 4.68 Å². The Bertz CT molecular complexity index is 320. The van der Waals surface area contributed by atoms with Gasteiger partial charge < -0.3 is 10.1 Å². The second-order valence-corrected chi connectivity index (χ2v) is 4.47. The van der Waals surface area contributed by atoms with E-state index in [1.54, 1.807) is 0 Å². The molecule has 0 aromatic carbocycles. The first-order valence-electron chi connectivity index (χ1n) is 5.92. The summed E-state index contributed by atoms with van der Waals surface area (Å²) < 4.78 is 7.18. The molecule has 1 aliphatic rings. The second kappa shape index (κ2) is 5.41. The molecule has 0 amide bonds. The zero-order valence-electron chi connectivity index (χ0n) is 10.0. The molecule has 0 aliphatic carbocycles. The average molecular weight is 224 g/mol. The van der Waals surface area contributed by atoms with Crippen molar-refractivity contribution in [1.82, 2.24) is 20.3 Å². The molecule has 0 radical (unpaired) electrons. The molecule has 90 valence electrons. The zero-order valence-corrected chi connectivity index (χ0v) is 10.0. The Morgan fingerprint density at radius 3 is 2.94 bits per heavy atom. The average Bonchev–Trinajstić information content (AvgIpc) is 2.73. The molecule has 1 aromatic rings. The largest absolute Gasteiger partial charge is 0.381 e. The van der Waals surface area contributed by atoms with Crippen molar-refractivity contribution >= 4 is 0 Å². The molecule has 0 saturated carbocycles. The Morgan fingerprint density at radius 2 is 2.31 bits per heavy atom. The molecule has 2 rings (SSSR count). The van der Waals surface area contributed by atoms with Gasteiger partial charge in [0.2, 0.25) is 0 Å². The minimum atomic E-state index is 0.527. The first kappa shape index (κ1) is 11.5. The van der Waals surface area contributed by atoms with Crippen molar-refractivity contribution in [3.05, 3.63) is 11.9 Å². The summed E-state index contributed by atoms with van der Waals surface area (Å²) in [6.07, 6.45) is 4.14. The fraction of sp³-hybridized carbons (Fsp3) is 0.818. The van der Waals surface area contributed by atoms with Crippen molar-refractivity contribution in [3.8, 4) is 0 Å². The minimum absolute atomic E-state index is 0.527. The zero-order chi connectivity index (χ0) is 11.4. The van der Waals surface area contributed by atoms with Crippen LogP contribution in [0.15, 0.2) is 6.20 Å². The van der Waals surface area contributed by atoms with E-state index in [1.165, 1.54) is 0 Å². The predicted molar refractivity (Wildman–Crippen MR) is 60.8 cm³/mol. The van der Waals surface area contributed by atoms with Crippen LogP contribution in [-0.4, -0.2) is 34.2 Å². The fourth-order valence-corrected chi connectivity index (χ4v) is 2.12. The first-order chi connectivity index (χ1) is 7.77. The molecule has 5 nitrogen and oxygen atoms in total. The van der Waals surface area contributed by atoms with Crippen molar-refractivity contribution in [2.24, 2.45) is 13.0 Å². The number of hydrogen-bond donors (Lipinski definition) is 1. The molecule has 1 saturated heterocycles. The van der Waals surface area contributed by atoms with Gasteiger partial charge in [-0.25, -0.2) is 0 Å². The van der Waals surface area contributed by atoms with Gasteiger partial charge in [-0.05, 0) is 25.7 Å². The van der Waals surface area contributed by atoms with E-state index in [0.29, 0.717) is 6.04 Å². The maximum absolute atomic E-state index is 5.37. The van der Waals surface area contributed by atoms with Crippen molar-refractivity contribution < 1.29 is 4.74 Å². The van der Waals surface area contributed by atoms with Gasteiger partial charge in [0.15, 0.2) is 0 Å². The molecule has 0 spiro atoms. The molecule has 1 atom stereocenters. The van der Waals surface area contributed by atoms with E-state index in [0.717, 1.165) is 44.2 Å². The number of nitrogens with zero attached hydrogens (tertiary/aromatic N) is 3. The SMILES string of the molecule is CC(NCc1cnnn1C)C1CCOCC1. The highest BCUT2D eigenvalue weighted by Crippen LogP contribution is 2.18. The predicted octanol–water partition coefficient (Wildman–Crippen LogP) is 0.720. The summed E-state index contributed by atoms with van der Waals surface area (Å²) in [6.45, 7) is 4.90. The Kier molecular flexibility index (Phi) is 3.90. The van der Waals surface area contributed by atoms with Crippen LogP contribution in [0.2, 0.25) is 0 Å². The molecule has 2 heterocycles. The number of ether oxygens (including phenoxy) is 1. The van der Waals surface area contributed by atoms with Gasteiger partial charge in [0.25, 0.3) is 0 Å². The van der Waals surface area contributed by atoms with E-state index in [-0.39, 0.29) is 0 Å². The smallest absolute Gasteiger partial charge is 0.0738 e. The third-order valence-corrected chi connectivity index (χ3v) is 3.39. The van der Waals surface area contributed by atoms with Gasteiger partial charge in [0.05, 0.1) is 11.9 Å². The maximum atomic E-state index is 5.37. The van der Waals surface area contributed by atoms with Crippen molar-refractivity contribution in [1.29, 1.82) is 0 Å². The van der Waals surface area contributed by atoms with E-state index >= 15 is 0 Å². The third kappa shape index (κ3) is 2.80. The highest BCUT2D eigenvalue weighted by Gasteiger charge is 2.20. The lowest BCUT2D eigenvalue weighted by Gasteiger charge is -2.28. The number of aromatic nitrogens is 3. The van der Waals surface area contributed by atoms with E-state index < -0.39 is 0 Å². The Labute approximate surface area is 96.2 Å². The summed E-state index contributed by atoms with van der Waals surface area (Å²) in [5.41, 5.74) is 1.12. The Morgan fingerprint density at radius 1 is 1.56 bits per heavy atom. The fourth-order valence-electron chi connectivity index (χ4n) is 2.12. The van der Waals surface area contributed by atoms with Crippen LogP contribution in [0.1, 0.15) is 25.5 Å². The van der Waals surface area contributed by atoms with Gasteiger partial charge >= 0.3 is 0 Å². The van der Waals surface area contributed by atoms with E-state index in [1.807, 2.05) is 17.9 Å². The van der Waals surface area contributed by atoms with Crippen molar-refractivity contribution in [2.75, 3.05) is 13.2 Å². The molecule has 16 heavy (non-hydrogen) atoms. The summed E-state index contributed by atoms with van der Waals surface area (Å²) >= 11 is 0. The highest BCUT2D eigenvalue weighted by atomic mass is 16.5. The lowest BCUT2D eigenvalue weighted by molar-refractivity contribution is 0.0557. The normalized spacial score (nSPS) is 19.9.